The summed E-state index contributed by atoms with van der Waals surface area (Å²) in [6, 6.07) is 3.83. The Bertz CT molecular complexity index is 809. The number of carbonyl (C=O) groups excluding carboxylic acids is 1. The summed E-state index contributed by atoms with van der Waals surface area (Å²) < 4.78 is 26.2. The maximum absolute atomic E-state index is 12.0. The zero-order chi connectivity index (χ0) is 16.4. The SMILES string of the molecule is CS(=O)(=O)NCC(=O)N1CCC(c2ccnc3ccnn23)CC1. The lowest BCUT2D eigenvalue weighted by atomic mass is 9.93. The van der Waals surface area contributed by atoms with Gasteiger partial charge in [-0.25, -0.2) is 22.6 Å². The Labute approximate surface area is 134 Å². The summed E-state index contributed by atoms with van der Waals surface area (Å²) in [5.74, 6) is 0.125. The predicted molar refractivity (Wildman–Crippen MR) is 84.4 cm³/mol. The number of rotatable bonds is 4. The number of hydrogen-bond acceptors (Lipinski definition) is 5. The van der Waals surface area contributed by atoms with Crippen LogP contribution in [0.25, 0.3) is 5.65 Å². The van der Waals surface area contributed by atoms with Gasteiger partial charge in [0.15, 0.2) is 5.65 Å². The van der Waals surface area contributed by atoms with Gasteiger partial charge in [0, 0.05) is 37.0 Å². The quantitative estimate of drug-likeness (QED) is 0.846. The molecule has 23 heavy (non-hydrogen) atoms. The molecule has 2 aromatic rings. The fourth-order valence-electron chi connectivity index (χ4n) is 2.89. The third-order valence-electron chi connectivity index (χ3n) is 4.07. The first-order chi connectivity index (χ1) is 10.9. The summed E-state index contributed by atoms with van der Waals surface area (Å²) in [5, 5.41) is 4.30. The number of aromatic nitrogens is 3. The lowest BCUT2D eigenvalue weighted by Crippen LogP contribution is -2.43. The molecule has 0 bridgehead atoms. The van der Waals surface area contributed by atoms with Gasteiger partial charge in [-0.2, -0.15) is 5.10 Å². The van der Waals surface area contributed by atoms with E-state index in [9.17, 15) is 13.2 Å². The van der Waals surface area contributed by atoms with Gasteiger partial charge in [-0.15, -0.1) is 0 Å². The van der Waals surface area contributed by atoms with Crippen molar-refractivity contribution < 1.29 is 13.2 Å². The highest BCUT2D eigenvalue weighted by Crippen LogP contribution is 2.27. The van der Waals surface area contributed by atoms with Crippen molar-refractivity contribution in [3.05, 3.63) is 30.2 Å². The van der Waals surface area contributed by atoms with Gasteiger partial charge in [-0.3, -0.25) is 4.79 Å². The van der Waals surface area contributed by atoms with Crippen LogP contribution in [0.1, 0.15) is 24.5 Å². The first kappa shape index (κ1) is 15.9. The van der Waals surface area contributed by atoms with Crippen LogP contribution in [0.5, 0.6) is 0 Å². The van der Waals surface area contributed by atoms with Crippen molar-refractivity contribution in [2.45, 2.75) is 18.8 Å². The first-order valence-electron chi connectivity index (χ1n) is 7.45. The Hall–Kier alpha value is -2.00. The molecule has 0 radical (unpaired) electrons. The van der Waals surface area contributed by atoms with Gasteiger partial charge in [0.25, 0.3) is 0 Å². The van der Waals surface area contributed by atoms with Crippen LogP contribution in [0, 0.1) is 0 Å². The van der Waals surface area contributed by atoms with Crippen molar-refractivity contribution in [3.63, 3.8) is 0 Å². The summed E-state index contributed by atoms with van der Waals surface area (Å²) in [6.45, 7) is 1.04. The zero-order valence-electron chi connectivity index (χ0n) is 12.8. The number of amides is 1. The van der Waals surface area contributed by atoms with Crippen molar-refractivity contribution in [1.82, 2.24) is 24.2 Å². The summed E-state index contributed by atoms with van der Waals surface area (Å²) in [5.41, 5.74) is 1.92. The second-order valence-corrected chi connectivity index (χ2v) is 7.55. The average Bonchev–Trinajstić information content (AvgIpc) is 3.00. The lowest BCUT2D eigenvalue weighted by Gasteiger charge is -2.32. The molecular weight excluding hydrogens is 318 g/mol. The van der Waals surface area contributed by atoms with Crippen molar-refractivity contribution in [1.29, 1.82) is 0 Å². The number of carbonyl (C=O) groups is 1. The largest absolute Gasteiger partial charge is 0.342 e. The molecule has 1 fully saturated rings. The summed E-state index contributed by atoms with van der Waals surface area (Å²) >= 11 is 0. The molecule has 1 N–H and O–H groups in total. The van der Waals surface area contributed by atoms with Gasteiger partial charge in [-0.1, -0.05) is 0 Å². The van der Waals surface area contributed by atoms with E-state index < -0.39 is 10.0 Å². The molecule has 0 aliphatic carbocycles. The fraction of sp³-hybridized carbons (Fsp3) is 0.500. The van der Waals surface area contributed by atoms with Gasteiger partial charge < -0.3 is 4.90 Å². The van der Waals surface area contributed by atoms with Gasteiger partial charge in [0.05, 0.1) is 19.0 Å². The highest BCUT2D eigenvalue weighted by atomic mass is 32.2. The van der Waals surface area contributed by atoms with E-state index in [0.29, 0.717) is 19.0 Å². The summed E-state index contributed by atoms with van der Waals surface area (Å²) in [4.78, 5) is 18.0. The standard InChI is InChI=1S/C14H19N5O3S/c1-23(21,22)17-10-14(20)18-8-4-11(5-9-18)12-2-6-15-13-3-7-16-19(12)13/h2-3,6-7,11,17H,4-5,8-10H2,1H3. The molecule has 0 aromatic carbocycles. The summed E-state index contributed by atoms with van der Waals surface area (Å²) in [6.07, 6.45) is 6.19. The molecule has 9 heteroatoms. The summed E-state index contributed by atoms with van der Waals surface area (Å²) in [7, 11) is -3.35. The van der Waals surface area contributed by atoms with Crippen LogP contribution in [0.3, 0.4) is 0 Å². The van der Waals surface area contributed by atoms with Crippen LogP contribution in [0.2, 0.25) is 0 Å². The Balaban J connectivity index is 1.62. The van der Waals surface area contributed by atoms with E-state index in [4.69, 9.17) is 0 Å². The smallest absolute Gasteiger partial charge is 0.237 e. The molecule has 1 saturated heterocycles. The minimum atomic E-state index is -3.35. The average molecular weight is 337 g/mol. The molecule has 1 aliphatic rings. The lowest BCUT2D eigenvalue weighted by molar-refractivity contribution is -0.131. The minimum Gasteiger partial charge on any atom is -0.342 e. The third-order valence-corrected chi connectivity index (χ3v) is 4.74. The van der Waals surface area contributed by atoms with Crippen molar-refractivity contribution in [2.75, 3.05) is 25.9 Å². The number of piperidine rings is 1. The van der Waals surface area contributed by atoms with Crippen LogP contribution < -0.4 is 4.72 Å². The van der Waals surface area contributed by atoms with Crippen LogP contribution in [0.15, 0.2) is 24.5 Å². The molecule has 0 spiro atoms. The van der Waals surface area contributed by atoms with E-state index in [2.05, 4.69) is 14.8 Å². The van der Waals surface area contributed by atoms with E-state index >= 15 is 0 Å². The number of fused-ring (bicyclic) bond motifs is 1. The van der Waals surface area contributed by atoms with Gasteiger partial charge in [0.2, 0.25) is 15.9 Å². The second-order valence-electron chi connectivity index (χ2n) is 5.72. The highest BCUT2D eigenvalue weighted by Gasteiger charge is 2.25. The molecule has 3 rings (SSSR count). The van der Waals surface area contributed by atoms with E-state index in [1.807, 2.05) is 16.6 Å². The Morgan fingerprint density at radius 3 is 2.74 bits per heavy atom. The minimum absolute atomic E-state index is 0.178. The molecular formula is C14H19N5O3S. The van der Waals surface area contributed by atoms with Gasteiger partial charge in [-0.05, 0) is 18.9 Å². The van der Waals surface area contributed by atoms with Crippen LogP contribution in [-0.2, 0) is 14.8 Å². The molecule has 2 aromatic heterocycles. The maximum atomic E-state index is 12.0. The van der Waals surface area contributed by atoms with Crippen LogP contribution in [-0.4, -0.2) is 59.7 Å². The van der Waals surface area contributed by atoms with Gasteiger partial charge in [0.1, 0.15) is 0 Å². The molecule has 8 nitrogen and oxygen atoms in total. The second kappa shape index (κ2) is 6.25. The molecule has 1 amide bonds. The Kier molecular flexibility index (Phi) is 4.31. The first-order valence-corrected chi connectivity index (χ1v) is 9.34. The molecule has 0 saturated carbocycles. The molecule has 0 atom stereocenters. The van der Waals surface area contributed by atoms with Crippen LogP contribution in [0.4, 0.5) is 0 Å². The van der Waals surface area contributed by atoms with Crippen LogP contribution >= 0.6 is 0 Å². The maximum Gasteiger partial charge on any atom is 0.237 e. The third kappa shape index (κ3) is 3.67. The zero-order valence-corrected chi connectivity index (χ0v) is 13.7. The number of nitrogens with one attached hydrogen (secondary N) is 1. The fourth-order valence-corrected chi connectivity index (χ4v) is 3.28. The van der Waals surface area contributed by atoms with E-state index in [-0.39, 0.29) is 12.5 Å². The monoisotopic (exact) mass is 337 g/mol. The van der Waals surface area contributed by atoms with Gasteiger partial charge >= 0.3 is 0 Å². The van der Waals surface area contributed by atoms with Crippen molar-refractivity contribution in [3.8, 4) is 0 Å². The Morgan fingerprint density at radius 1 is 1.30 bits per heavy atom. The molecule has 0 unspecified atom stereocenters. The Morgan fingerprint density at radius 2 is 2.04 bits per heavy atom. The number of sulfonamides is 1. The van der Waals surface area contributed by atoms with E-state index in [1.165, 1.54) is 0 Å². The molecule has 124 valence electrons. The number of nitrogens with zero attached hydrogens (tertiary/aromatic N) is 4. The highest BCUT2D eigenvalue weighted by molar-refractivity contribution is 7.88. The normalized spacial score (nSPS) is 16.8. The topological polar surface area (TPSA) is 96.7 Å². The van der Waals surface area contributed by atoms with Crippen molar-refractivity contribution >= 4 is 21.6 Å². The molecule has 1 aliphatic heterocycles. The number of likely N-dealkylation sites (tertiary alicyclic amines) is 1. The number of hydrogen-bond donors (Lipinski definition) is 1. The molecule has 3 heterocycles. The van der Waals surface area contributed by atoms with E-state index in [1.54, 1.807) is 17.3 Å². The predicted octanol–water partition coefficient (Wildman–Crippen LogP) is -0.0155. The van der Waals surface area contributed by atoms with Crippen molar-refractivity contribution in [2.24, 2.45) is 0 Å². The van der Waals surface area contributed by atoms with E-state index in [0.717, 1.165) is 30.4 Å².